The molecule has 1 aliphatic rings. The van der Waals surface area contributed by atoms with Crippen molar-refractivity contribution in [3.63, 3.8) is 0 Å². The third-order valence-electron chi connectivity index (χ3n) is 1.42. The Labute approximate surface area is 72.0 Å². The first-order chi connectivity index (χ1) is 5.83. The summed E-state index contributed by atoms with van der Waals surface area (Å²) in [4.78, 5) is 11.7. The van der Waals surface area contributed by atoms with Gasteiger partial charge in [0.15, 0.2) is 0 Å². The van der Waals surface area contributed by atoms with Gasteiger partial charge in [-0.25, -0.2) is 9.98 Å². The van der Waals surface area contributed by atoms with Crippen molar-refractivity contribution >= 4 is 18.8 Å². The molecular weight excluding hydrogens is 150 g/mol. The molecule has 0 radical (unpaired) electrons. The van der Waals surface area contributed by atoms with Gasteiger partial charge in [0.2, 0.25) is 0 Å². The fraction of sp³-hybridized carbons (Fsp3) is 0.222. The lowest BCUT2D eigenvalue weighted by Crippen LogP contribution is -1.98. The van der Waals surface area contributed by atoms with Crippen molar-refractivity contribution < 1.29 is 0 Å². The zero-order valence-corrected chi connectivity index (χ0v) is 7.07. The fourth-order valence-electron chi connectivity index (χ4n) is 0.787. The summed E-state index contributed by atoms with van der Waals surface area (Å²) in [5, 5.41) is 0. The Kier molecular flexibility index (Phi) is 3.14. The van der Waals surface area contributed by atoms with Gasteiger partial charge < -0.3 is 0 Å². The summed E-state index contributed by atoms with van der Waals surface area (Å²) >= 11 is 0. The highest BCUT2D eigenvalue weighted by Gasteiger charge is 1.97. The molecule has 12 heavy (non-hydrogen) atoms. The van der Waals surface area contributed by atoms with E-state index in [0.717, 1.165) is 12.3 Å². The second-order valence-corrected chi connectivity index (χ2v) is 2.44. The Bertz CT molecular complexity index is 282. The van der Waals surface area contributed by atoms with Crippen molar-refractivity contribution in [1.82, 2.24) is 0 Å². The molecule has 0 spiro atoms. The van der Waals surface area contributed by atoms with E-state index in [-0.39, 0.29) is 0 Å². The van der Waals surface area contributed by atoms with E-state index in [1.165, 1.54) is 11.8 Å². The van der Waals surface area contributed by atoms with E-state index in [1.807, 2.05) is 6.92 Å². The summed E-state index contributed by atoms with van der Waals surface area (Å²) in [6, 6.07) is 0. The third kappa shape index (κ3) is 2.62. The van der Waals surface area contributed by atoms with E-state index in [4.69, 9.17) is 0 Å². The van der Waals surface area contributed by atoms with Crippen molar-refractivity contribution in [2.45, 2.75) is 13.3 Å². The number of dihydropyridines is 1. The summed E-state index contributed by atoms with van der Waals surface area (Å²) in [5.74, 6) is 0.806. The molecule has 0 saturated heterocycles. The third-order valence-corrected chi connectivity index (χ3v) is 1.42. The zero-order chi connectivity index (χ0) is 8.81. The molecule has 0 saturated carbocycles. The molecule has 0 atom stereocenters. The Morgan fingerprint density at radius 3 is 3.00 bits per heavy atom. The van der Waals surface area contributed by atoms with Crippen LogP contribution in [0.4, 0.5) is 0 Å². The van der Waals surface area contributed by atoms with Gasteiger partial charge >= 0.3 is 0 Å². The summed E-state index contributed by atoms with van der Waals surface area (Å²) in [6.45, 7) is 5.31. The van der Waals surface area contributed by atoms with Crippen LogP contribution >= 0.6 is 0 Å². The SMILES string of the molecule is C=N/C=C\N=C1CC=C(C)C=N1. The molecule has 0 aromatic rings. The minimum Gasteiger partial charge on any atom is -0.271 e. The Balaban J connectivity index is 2.58. The standard InChI is InChI=1S/C9H11N3/c1-8-3-4-9(12-7-8)11-6-5-10-2/h3,5-7H,2,4H2,1H3/b6-5-,11-9?. The highest BCUT2D eigenvalue weighted by molar-refractivity contribution is 5.98. The maximum Gasteiger partial charge on any atom is 0.132 e. The maximum atomic E-state index is 4.13. The molecule has 0 unspecified atom stereocenters. The topological polar surface area (TPSA) is 37.1 Å². The van der Waals surface area contributed by atoms with Gasteiger partial charge in [0, 0.05) is 25.0 Å². The van der Waals surface area contributed by atoms with Gasteiger partial charge in [-0.2, -0.15) is 0 Å². The normalized spacial score (nSPS) is 20.1. The smallest absolute Gasteiger partial charge is 0.132 e. The largest absolute Gasteiger partial charge is 0.271 e. The molecule has 0 aromatic heterocycles. The lowest BCUT2D eigenvalue weighted by atomic mass is 10.2. The second kappa shape index (κ2) is 4.38. The molecule has 1 heterocycles. The molecule has 1 rings (SSSR count). The molecular formula is C9H11N3. The van der Waals surface area contributed by atoms with Gasteiger partial charge in [0.05, 0.1) is 0 Å². The van der Waals surface area contributed by atoms with Crippen molar-refractivity contribution in [1.29, 1.82) is 0 Å². The van der Waals surface area contributed by atoms with Gasteiger partial charge in [-0.3, -0.25) is 4.99 Å². The molecule has 1 aliphatic heterocycles. The van der Waals surface area contributed by atoms with Crippen LogP contribution in [0.5, 0.6) is 0 Å². The van der Waals surface area contributed by atoms with Crippen LogP contribution in [-0.2, 0) is 0 Å². The molecule has 0 bridgehead atoms. The van der Waals surface area contributed by atoms with Gasteiger partial charge in [-0.1, -0.05) is 6.08 Å². The van der Waals surface area contributed by atoms with Gasteiger partial charge in [0.25, 0.3) is 0 Å². The number of hydrogen-bond donors (Lipinski definition) is 0. The van der Waals surface area contributed by atoms with Gasteiger partial charge in [0.1, 0.15) is 5.84 Å². The predicted octanol–water partition coefficient (Wildman–Crippen LogP) is 1.98. The summed E-state index contributed by atoms with van der Waals surface area (Å²) in [5.41, 5.74) is 1.18. The van der Waals surface area contributed by atoms with Crippen LogP contribution in [0.3, 0.4) is 0 Å². The van der Waals surface area contributed by atoms with Crippen LogP contribution in [0.2, 0.25) is 0 Å². The Morgan fingerprint density at radius 2 is 2.42 bits per heavy atom. The van der Waals surface area contributed by atoms with Crippen LogP contribution in [0, 0.1) is 0 Å². The highest BCUT2D eigenvalue weighted by Crippen LogP contribution is 2.02. The average molecular weight is 161 g/mol. The zero-order valence-electron chi connectivity index (χ0n) is 7.07. The number of amidine groups is 1. The predicted molar refractivity (Wildman–Crippen MR) is 53.0 cm³/mol. The molecule has 0 aliphatic carbocycles. The first-order valence-corrected chi connectivity index (χ1v) is 3.71. The molecule has 0 N–H and O–H groups in total. The van der Waals surface area contributed by atoms with E-state index >= 15 is 0 Å². The van der Waals surface area contributed by atoms with Crippen molar-refractivity contribution in [3.05, 3.63) is 24.0 Å². The fourth-order valence-corrected chi connectivity index (χ4v) is 0.787. The van der Waals surface area contributed by atoms with E-state index in [1.54, 1.807) is 12.4 Å². The van der Waals surface area contributed by atoms with Gasteiger partial charge in [-0.05, 0) is 19.2 Å². The van der Waals surface area contributed by atoms with Crippen LogP contribution in [0.1, 0.15) is 13.3 Å². The van der Waals surface area contributed by atoms with E-state index < -0.39 is 0 Å². The summed E-state index contributed by atoms with van der Waals surface area (Å²) < 4.78 is 0. The first kappa shape index (κ1) is 8.59. The van der Waals surface area contributed by atoms with Gasteiger partial charge in [-0.15, -0.1) is 0 Å². The van der Waals surface area contributed by atoms with E-state index in [0.29, 0.717) is 0 Å². The molecule has 0 aromatic carbocycles. The summed E-state index contributed by atoms with van der Waals surface area (Å²) in [6.07, 6.45) is 7.81. The monoisotopic (exact) mass is 161 g/mol. The average Bonchev–Trinajstić information content (AvgIpc) is 2.09. The van der Waals surface area contributed by atoms with Crippen LogP contribution in [0.15, 0.2) is 39.0 Å². The minimum absolute atomic E-state index is 0.795. The number of aliphatic imine (C=N–C) groups is 3. The number of allylic oxidation sites excluding steroid dienone is 1. The number of nitrogens with zero attached hydrogens (tertiary/aromatic N) is 3. The van der Waals surface area contributed by atoms with Crippen molar-refractivity contribution in [3.8, 4) is 0 Å². The van der Waals surface area contributed by atoms with Crippen molar-refractivity contribution in [2.75, 3.05) is 0 Å². The first-order valence-electron chi connectivity index (χ1n) is 3.71. The highest BCUT2D eigenvalue weighted by atomic mass is 14.9. The molecule has 0 fully saturated rings. The molecule has 0 amide bonds. The minimum atomic E-state index is 0.795. The van der Waals surface area contributed by atoms with Crippen LogP contribution < -0.4 is 0 Å². The van der Waals surface area contributed by atoms with E-state index in [9.17, 15) is 0 Å². The lowest BCUT2D eigenvalue weighted by Gasteiger charge is -2.01. The van der Waals surface area contributed by atoms with E-state index in [2.05, 4.69) is 27.8 Å². The Hall–Kier alpha value is -1.51. The maximum absolute atomic E-state index is 4.13. The molecule has 3 heteroatoms. The molecule has 62 valence electrons. The second-order valence-electron chi connectivity index (χ2n) is 2.44. The van der Waals surface area contributed by atoms with Crippen molar-refractivity contribution in [2.24, 2.45) is 15.0 Å². The Morgan fingerprint density at radius 1 is 1.58 bits per heavy atom. The number of rotatable bonds is 2. The van der Waals surface area contributed by atoms with Crippen LogP contribution in [-0.4, -0.2) is 18.8 Å². The van der Waals surface area contributed by atoms with Crippen LogP contribution in [0.25, 0.3) is 0 Å². The summed E-state index contributed by atoms with van der Waals surface area (Å²) in [7, 11) is 0. The molecule has 3 nitrogen and oxygen atoms in total. The number of hydrogen-bond acceptors (Lipinski definition) is 2. The quantitative estimate of drug-likeness (QED) is 0.555. The lowest BCUT2D eigenvalue weighted by molar-refractivity contribution is 1.30.